The first-order chi connectivity index (χ1) is 6.77. The van der Waals surface area contributed by atoms with Crippen molar-refractivity contribution in [3.63, 3.8) is 0 Å². The van der Waals surface area contributed by atoms with Gasteiger partial charge in [-0.2, -0.15) is 0 Å². The van der Waals surface area contributed by atoms with E-state index in [1.807, 2.05) is 31.2 Å². The van der Waals surface area contributed by atoms with Crippen LogP contribution in [0.2, 0.25) is 5.02 Å². The highest BCUT2D eigenvalue weighted by molar-refractivity contribution is 6.31. The third kappa shape index (κ3) is 3.29. The van der Waals surface area contributed by atoms with E-state index in [0.29, 0.717) is 6.54 Å². The summed E-state index contributed by atoms with van der Waals surface area (Å²) in [5, 5.41) is 13.0. The van der Waals surface area contributed by atoms with E-state index in [1.54, 1.807) is 0 Å². The van der Waals surface area contributed by atoms with Crippen molar-refractivity contribution >= 4 is 11.6 Å². The molecule has 14 heavy (non-hydrogen) atoms. The summed E-state index contributed by atoms with van der Waals surface area (Å²) in [7, 11) is 0. The number of rotatable bonds is 5. The van der Waals surface area contributed by atoms with Crippen molar-refractivity contribution in [1.29, 1.82) is 0 Å². The lowest BCUT2D eigenvalue weighted by molar-refractivity contribution is 0.238. The molecule has 0 radical (unpaired) electrons. The topological polar surface area (TPSA) is 32.3 Å². The monoisotopic (exact) mass is 213 g/mol. The quantitative estimate of drug-likeness (QED) is 0.786. The maximum Gasteiger partial charge on any atom is 0.0584 e. The minimum absolute atomic E-state index is 0.159. The Hall–Kier alpha value is -0.570. The molecule has 2 N–H and O–H groups in total. The normalized spacial score (nSPS) is 12.8. The smallest absolute Gasteiger partial charge is 0.0584 e. The predicted octanol–water partition coefficient (Wildman–Crippen LogP) is 2.20. The molecule has 0 aliphatic heterocycles. The molecule has 0 aliphatic carbocycles. The maximum absolute atomic E-state index is 8.98. The molecule has 0 aliphatic rings. The number of hydrogen-bond acceptors (Lipinski definition) is 2. The fourth-order valence-electron chi connectivity index (χ4n) is 1.23. The van der Waals surface area contributed by atoms with E-state index in [9.17, 15) is 0 Å². The summed E-state index contributed by atoms with van der Waals surface area (Å²) in [6, 6.07) is 7.89. The Morgan fingerprint density at radius 1 is 1.43 bits per heavy atom. The summed E-state index contributed by atoms with van der Waals surface area (Å²) in [6.07, 6.45) is 0.918. The molecule has 78 valence electrons. The van der Waals surface area contributed by atoms with Crippen LogP contribution in [0.25, 0.3) is 0 Å². The Bertz CT molecular complexity index is 274. The van der Waals surface area contributed by atoms with Crippen LogP contribution in [0.15, 0.2) is 24.3 Å². The van der Waals surface area contributed by atoms with Crippen LogP contribution >= 0.6 is 11.6 Å². The molecule has 0 amide bonds. The standard InChI is InChI=1S/C11H16ClNO/c1-2-10(8-14)13-7-9-5-3-4-6-11(9)12/h3-6,10,13-14H,2,7-8H2,1H3. The van der Waals surface area contributed by atoms with Crippen LogP contribution < -0.4 is 5.32 Å². The Labute approximate surface area is 89.9 Å². The molecule has 1 aromatic carbocycles. The van der Waals surface area contributed by atoms with Crippen molar-refractivity contribution < 1.29 is 5.11 Å². The molecule has 1 unspecified atom stereocenters. The summed E-state index contributed by atoms with van der Waals surface area (Å²) in [6.45, 7) is 2.92. The van der Waals surface area contributed by atoms with E-state index in [2.05, 4.69) is 5.32 Å². The van der Waals surface area contributed by atoms with E-state index in [0.717, 1.165) is 17.0 Å². The van der Waals surface area contributed by atoms with E-state index in [-0.39, 0.29) is 12.6 Å². The largest absolute Gasteiger partial charge is 0.395 e. The van der Waals surface area contributed by atoms with Gasteiger partial charge in [0.05, 0.1) is 6.61 Å². The lowest BCUT2D eigenvalue weighted by Gasteiger charge is -2.14. The number of aliphatic hydroxyl groups excluding tert-OH is 1. The first-order valence-corrected chi connectivity index (χ1v) is 5.23. The van der Waals surface area contributed by atoms with Gasteiger partial charge in [-0.3, -0.25) is 0 Å². The second kappa shape index (κ2) is 6.02. The maximum atomic E-state index is 8.98. The summed E-state index contributed by atoms with van der Waals surface area (Å²) >= 11 is 5.99. The highest BCUT2D eigenvalue weighted by atomic mass is 35.5. The molecule has 0 bridgehead atoms. The molecule has 1 rings (SSSR count). The zero-order chi connectivity index (χ0) is 10.4. The van der Waals surface area contributed by atoms with Crippen LogP contribution in [0.4, 0.5) is 0 Å². The van der Waals surface area contributed by atoms with Gasteiger partial charge in [-0.25, -0.2) is 0 Å². The third-order valence-electron chi connectivity index (χ3n) is 2.25. The van der Waals surface area contributed by atoms with Gasteiger partial charge in [-0.15, -0.1) is 0 Å². The fraction of sp³-hybridized carbons (Fsp3) is 0.455. The van der Waals surface area contributed by atoms with Gasteiger partial charge in [0.15, 0.2) is 0 Å². The van der Waals surface area contributed by atoms with E-state index >= 15 is 0 Å². The van der Waals surface area contributed by atoms with Crippen molar-refractivity contribution in [3.05, 3.63) is 34.9 Å². The van der Waals surface area contributed by atoms with Crippen molar-refractivity contribution in [2.75, 3.05) is 6.61 Å². The van der Waals surface area contributed by atoms with Gasteiger partial charge in [0.1, 0.15) is 0 Å². The van der Waals surface area contributed by atoms with Gasteiger partial charge in [-0.1, -0.05) is 36.7 Å². The third-order valence-corrected chi connectivity index (χ3v) is 2.62. The van der Waals surface area contributed by atoms with Gasteiger partial charge in [0.2, 0.25) is 0 Å². The molecule has 0 heterocycles. The molecule has 2 nitrogen and oxygen atoms in total. The van der Waals surface area contributed by atoms with E-state index in [1.165, 1.54) is 0 Å². The van der Waals surface area contributed by atoms with Crippen LogP contribution in [0.3, 0.4) is 0 Å². The minimum Gasteiger partial charge on any atom is -0.395 e. The Kier molecular flexibility index (Phi) is 4.94. The molecular formula is C11H16ClNO. The zero-order valence-electron chi connectivity index (χ0n) is 8.33. The lowest BCUT2D eigenvalue weighted by Crippen LogP contribution is -2.31. The second-order valence-corrected chi connectivity index (χ2v) is 3.67. The fourth-order valence-corrected chi connectivity index (χ4v) is 1.44. The first kappa shape index (κ1) is 11.5. The summed E-state index contributed by atoms with van der Waals surface area (Å²) < 4.78 is 0. The molecular weight excluding hydrogens is 198 g/mol. The SMILES string of the molecule is CCC(CO)NCc1ccccc1Cl. The highest BCUT2D eigenvalue weighted by Crippen LogP contribution is 2.14. The van der Waals surface area contributed by atoms with E-state index in [4.69, 9.17) is 16.7 Å². The number of hydrogen-bond donors (Lipinski definition) is 2. The van der Waals surface area contributed by atoms with Crippen molar-refractivity contribution in [1.82, 2.24) is 5.32 Å². The molecule has 0 saturated heterocycles. The molecule has 3 heteroatoms. The van der Waals surface area contributed by atoms with Gasteiger partial charge in [0.25, 0.3) is 0 Å². The van der Waals surface area contributed by atoms with Crippen molar-refractivity contribution in [2.45, 2.75) is 25.9 Å². The van der Waals surface area contributed by atoms with Crippen LogP contribution in [0.1, 0.15) is 18.9 Å². The zero-order valence-corrected chi connectivity index (χ0v) is 9.09. The summed E-state index contributed by atoms with van der Waals surface area (Å²) in [5.41, 5.74) is 1.07. The molecule has 0 saturated carbocycles. The number of halogens is 1. The molecule has 0 aromatic heterocycles. The molecule has 1 aromatic rings. The number of nitrogens with one attached hydrogen (secondary N) is 1. The average molecular weight is 214 g/mol. The summed E-state index contributed by atoms with van der Waals surface area (Å²) in [5.74, 6) is 0. The lowest BCUT2D eigenvalue weighted by atomic mass is 10.2. The van der Waals surface area contributed by atoms with Gasteiger partial charge >= 0.3 is 0 Å². The predicted molar refractivity (Wildman–Crippen MR) is 59.5 cm³/mol. The second-order valence-electron chi connectivity index (χ2n) is 3.26. The number of aliphatic hydroxyl groups is 1. The summed E-state index contributed by atoms with van der Waals surface area (Å²) in [4.78, 5) is 0. The van der Waals surface area contributed by atoms with Crippen LogP contribution in [0, 0.1) is 0 Å². The molecule has 0 fully saturated rings. The van der Waals surface area contributed by atoms with Gasteiger partial charge in [0, 0.05) is 17.6 Å². The molecule has 1 atom stereocenters. The van der Waals surface area contributed by atoms with Crippen LogP contribution in [0.5, 0.6) is 0 Å². The minimum atomic E-state index is 0.159. The van der Waals surface area contributed by atoms with E-state index < -0.39 is 0 Å². The Morgan fingerprint density at radius 2 is 2.14 bits per heavy atom. The van der Waals surface area contributed by atoms with Crippen molar-refractivity contribution in [3.8, 4) is 0 Å². The van der Waals surface area contributed by atoms with Crippen LogP contribution in [-0.2, 0) is 6.54 Å². The first-order valence-electron chi connectivity index (χ1n) is 4.85. The Morgan fingerprint density at radius 3 is 2.71 bits per heavy atom. The van der Waals surface area contributed by atoms with Crippen LogP contribution in [-0.4, -0.2) is 17.8 Å². The molecule has 0 spiro atoms. The van der Waals surface area contributed by atoms with Crippen molar-refractivity contribution in [2.24, 2.45) is 0 Å². The van der Waals surface area contributed by atoms with Gasteiger partial charge < -0.3 is 10.4 Å². The average Bonchev–Trinajstić information content (AvgIpc) is 2.22. The Balaban J connectivity index is 2.49. The number of benzene rings is 1. The highest BCUT2D eigenvalue weighted by Gasteiger charge is 2.04. The van der Waals surface area contributed by atoms with Gasteiger partial charge in [-0.05, 0) is 18.1 Å².